The van der Waals surface area contributed by atoms with E-state index in [4.69, 9.17) is 0 Å². The molecule has 1 rings (SSSR count). The Morgan fingerprint density at radius 3 is 2.50 bits per heavy atom. The minimum Gasteiger partial charge on any atom is -0.465 e. The molecule has 0 aliphatic rings. The lowest BCUT2D eigenvalue weighted by molar-refractivity contribution is 0.0599. The second kappa shape index (κ2) is 4.05. The van der Waals surface area contributed by atoms with Crippen LogP contribution in [0.1, 0.15) is 31.8 Å². The third-order valence-corrected chi connectivity index (χ3v) is 2.23. The SMILES string of the molecule is COC(=O)c1c(C)ccc(C=O)c1C. The molecule has 0 radical (unpaired) electrons. The highest BCUT2D eigenvalue weighted by Crippen LogP contribution is 2.17. The highest BCUT2D eigenvalue weighted by atomic mass is 16.5. The van der Waals surface area contributed by atoms with Crippen LogP contribution in [-0.2, 0) is 4.74 Å². The number of methoxy groups -OCH3 is 1. The first kappa shape index (κ1) is 10.4. The molecule has 0 amide bonds. The molecule has 0 aliphatic carbocycles. The van der Waals surface area contributed by atoms with Crippen LogP contribution in [0.2, 0.25) is 0 Å². The van der Waals surface area contributed by atoms with Gasteiger partial charge >= 0.3 is 5.97 Å². The standard InChI is InChI=1S/C11H12O3/c1-7-4-5-9(6-12)8(2)10(7)11(13)14-3/h4-6H,1-3H3. The fourth-order valence-corrected chi connectivity index (χ4v) is 1.41. The fourth-order valence-electron chi connectivity index (χ4n) is 1.41. The smallest absolute Gasteiger partial charge is 0.338 e. The predicted octanol–water partition coefficient (Wildman–Crippen LogP) is 1.90. The monoisotopic (exact) mass is 192 g/mol. The molecule has 0 saturated heterocycles. The number of hydrogen-bond acceptors (Lipinski definition) is 3. The number of carbonyl (C=O) groups is 2. The molecular weight excluding hydrogens is 180 g/mol. The first-order valence-electron chi connectivity index (χ1n) is 4.25. The topological polar surface area (TPSA) is 43.4 Å². The molecule has 3 nitrogen and oxygen atoms in total. The summed E-state index contributed by atoms with van der Waals surface area (Å²) in [5, 5.41) is 0. The van der Waals surface area contributed by atoms with Crippen LogP contribution in [0.15, 0.2) is 12.1 Å². The molecule has 1 aromatic rings. The molecule has 14 heavy (non-hydrogen) atoms. The molecule has 0 aliphatic heterocycles. The number of benzene rings is 1. The third kappa shape index (κ3) is 1.66. The van der Waals surface area contributed by atoms with Crippen molar-refractivity contribution in [3.8, 4) is 0 Å². The van der Waals surface area contributed by atoms with Crippen molar-refractivity contribution in [2.24, 2.45) is 0 Å². The Hall–Kier alpha value is -1.64. The first-order chi connectivity index (χ1) is 6.61. The van der Waals surface area contributed by atoms with Gasteiger partial charge in [-0.05, 0) is 25.0 Å². The number of aldehydes is 1. The summed E-state index contributed by atoms with van der Waals surface area (Å²) in [6.07, 6.45) is 0.737. The molecule has 74 valence electrons. The second-order valence-electron chi connectivity index (χ2n) is 3.08. The van der Waals surface area contributed by atoms with Crippen molar-refractivity contribution in [2.75, 3.05) is 7.11 Å². The van der Waals surface area contributed by atoms with Gasteiger partial charge in [0.25, 0.3) is 0 Å². The van der Waals surface area contributed by atoms with Crippen LogP contribution in [0.3, 0.4) is 0 Å². The summed E-state index contributed by atoms with van der Waals surface area (Å²) in [5.74, 6) is -0.399. The highest BCUT2D eigenvalue weighted by Gasteiger charge is 2.14. The van der Waals surface area contributed by atoms with E-state index < -0.39 is 5.97 Å². The number of ether oxygens (including phenoxy) is 1. The fraction of sp³-hybridized carbons (Fsp3) is 0.273. The molecule has 3 heteroatoms. The van der Waals surface area contributed by atoms with Crippen molar-refractivity contribution in [2.45, 2.75) is 13.8 Å². The molecule has 0 bridgehead atoms. The van der Waals surface area contributed by atoms with E-state index in [1.807, 2.05) is 6.92 Å². The van der Waals surface area contributed by atoms with E-state index in [0.29, 0.717) is 16.7 Å². The predicted molar refractivity (Wildman–Crippen MR) is 52.6 cm³/mol. The molecule has 0 heterocycles. The molecule has 0 fully saturated rings. The van der Waals surface area contributed by atoms with Gasteiger partial charge in [-0.3, -0.25) is 4.79 Å². The first-order valence-corrected chi connectivity index (χ1v) is 4.25. The van der Waals surface area contributed by atoms with Crippen LogP contribution in [0.25, 0.3) is 0 Å². The van der Waals surface area contributed by atoms with Gasteiger partial charge in [-0.2, -0.15) is 0 Å². The van der Waals surface area contributed by atoms with Gasteiger partial charge in [0, 0.05) is 5.56 Å². The lowest BCUT2D eigenvalue weighted by atomic mass is 9.98. The zero-order valence-electron chi connectivity index (χ0n) is 8.46. The van der Waals surface area contributed by atoms with Crippen molar-refractivity contribution < 1.29 is 14.3 Å². The summed E-state index contributed by atoms with van der Waals surface area (Å²) in [7, 11) is 1.33. The van der Waals surface area contributed by atoms with Gasteiger partial charge in [0.05, 0.1) is 12.7 Å². The Balaban J connectivity index is 3.39. The van der Waals surface area contributed by atoms with Crippen LogP contribution in [0.4, 0.5) is 0 Å². The maximum Gasteiger partial charge on any atom is 0.338 e. The molecule has 0 spiro atoms. The van der Waals surface area contributed by atoms with Crippen LogP contribution in [0.5, 0.6) is 0 Å². The van der Waals surface area contributed by atoms with Crippen LogP contribution < -0.4 is 0 Å². The van der Waals surface area contributed by atoms with E-state index in [1.54, 1.807) is 19.1 Å². The van der Waals surface area contributed by atoms with E-state index >= 15 is 0 Å². The number of hydrogen-bond donors (Lipinski definition) is 0. The lowest BCUT2D eigenvalue weighted by Crippen LogP contribution is -2.08. The van der Waals surface area contributed by atoms with E-state index in [1.165, 1.54) is 7.11 Å². The number of aryl methyl sites for hydroxylation is 1. The summed E-state index contributed by atoms with van der Waals surface area (Å²) in [4.78, 5) is 22.0. The summed E-state index contributed by atoms with van der Waals surface area (Å²) in [5.41, 5.74) is 2.50. The van der Waals surface area contributed by atoms with Gasteiger partial charge in [0.15, 0.2) is 0 Å². The quantitative estimate of drug-likeness (QED) is 0.531. The van der Waals surface area contributed by atoms with E-state index in [2.05, 4.69) is 4.74 Å². The number of esters is 1. The Morgan fingerprint density at radius 1 is 1.36 bits per heavy atom. The normalized spacial score (nSPS) is 9.64. The van der Waals surface area contributed by atoms with Crippen molar-refractivity contribution >= 4 is 12.3 Å². The summed E-state index contributed by atoms with van der Waals surface area (Å²) in [6.45, 7) is 3.55. The zero-order valence-corrected chi connectivity index (χ0v) is 8.46. The highest BCUT2D eigenvalue weighted by molar-refractivity contribution is 5.95. The van der Waals surface area contributed by atoms with Gasteiger partial charge in [0.2, 0.25) is 0 Å². The minimum absolute atomic E-state index is 0.399. The van der Waals surface area contributed by atoms with Crippen LogP contribution in [0, 0.1) is 13.8 Å². The van der Waals surface area contributed by atoms with Crippen molar-refractivity contribution in [1.82, 2.24) is 0 Å². The molecule has 0 N–H and O–H groups in total. The van der Waals surface area contributed by atoms with Crippen molar-refractivity contribution in [3.05, 3.63) is 34.4 Å². The van der Waals surface area contributed by atoms with Crippen LogP contribution in [-0.4, -0.2) is 19.4 Å². The maximum absolute atomic E-state index is 11.4. The average Bonchev–Trinajstić information content (AvgIpc) is 2.18. The van der Waals surface area contributed by atoms with Gasteiger partial charge in [-0.15, -0.1) is 0 Å². The summed E-state index contributed by atoms with van der Waals surface area (Å²) < 4.78 is 4.64. The zero-order chi connectivity index (χ0) is 10.7. The Bertz CT molecular complexity index is 380. The summed E-state index contributed by atoms with van der Waals surface area (Å²) >= 11 is 0. The third-order valence-electron chi connectivity index (χ3n) is 2.23. The van der Waals surface area contributed by atoms with E-state index in [0.717, 1.165) is 11.8 Å². The Kier molecular flexibility index (Phi) is 3.02. The van der Waals surface area contributed by atoms with Crippen molar-refractivity contribution in [3.63, 3.8) is 0 Å². The van der Waals surface area contributed by atoms with E-state index in [9.17, 15) is 9.59 Å². The Morgan fingerprint density at radius 2 is 2.00 bits per heavy atom. The van der Waals surface area contributed by atoms with E-state index in [-0.39, 0.29) is 0 Å². The molecular formula is C11H12O3. The lowest BCUT2D eigenvalue weighted by Gasteiger charge is -2.08. The largest absolute Gasteiger partial charge is 0.465 e. The van der Waals surface area contributed by atoms with Gasteiger partial charge in [-0.1, -0.05) is 12.1 Å². The molecule has 0 aromatic heterocycles. The van der Waals surface area contributed by atoms with Gasteiger partial charge in [0.1, 0.15) is 6.29 Å². The van der Waals surface area contributed by atoms with Gasteiger partial charge in [-0.25, -0.2) is 4.79 Å². The Labute approximate surface area is 82.7 Å². The molecule has 0 atom stereocenters. The van der Waals surface area contributed by atoms with Crippen LogP contribution >= 0.6 is 0 Å². The maximum atomic E-state index is 11.4. The number of rotatable bonds is 2. The van der Waals surface area contributed by atoms with Gasteiger partial charge < -0.3 is 4.74 Å². The molecule has 1 aromatic carbocycles. The van der Waals surface area contributed by atoms with Crippen molar-refractivity contribution in [1.29, 1.82) is 0 Å². The molecule has 0 saturated carbocycles. The summed E-state index contributed by atoms with van der Waals surface area (Å²) in [6, 6.07) is 3.44. The number of carbonyl (C=O) groups excluding carboxylic acids is 2. The second-order valence-corrected chi connectivity index (χ2v) is 3.08. The minimum atomic E-state index is -0.399. The average molecular weight is 192 g/mol. The molecule has 0 unspecified atom stereocenters.